The minimum atomic E-state index is -3.36. The summed E-state index contributed by atoms with van der Waals surface area (Å²) in [5, 5.41) is 18.0. The van der Waals surface area contributed by atoms with Crippen LogP contribution in [0, 0.1) is 0 Å². The SMILES string of the molecule is COc1ccc(S(C)(=O)=O)cc1B(O)O. The van der Waals surface area contributed by atoms with E-state index in [-0.39, 0.29) is 16.1 Å². The molecule has 5 nitrogen and oxygen atoms in total. The first-order valence-electron chi connectivity index (χ1n) is 4.10. The van der Waals surface area contributed by atoms with Crippen LogP contribution in [0.25, 0.3) is 0 Å². The van der Waals surface area contributed by atoms with Crippen LogP contribution in [0.2, 0.25) is 0 Å². The van der Waals surface area contributed by atoms with E-state index in [0.29, 0.717) is 0 Å². The minimum Gasteiger partial charge on any atom is -0.497 e. The van der Waals surface area contributed by atoms with Gasteiger partial charge in [0.1, 0.15) is 5.75 Å². The van der Waals surface area contributed by atoms with E-state index in [0.717, 1.165) is 6.26 Å². The highest BCUT2D eigenvalue weighted by Crippen LogP contribution is 2.13. The fourth-order valence-electron chi connectivity index (χ4n) is 1.14. The number of rotatable bonds is 3. The van der Waals surface area contributed by atoms with Crippen LogP contribution in [0.4, 0.5) is 0 Å². The summed E-state index contributed by atoms with van der Waals surface area (Å²) in [4.78, 5) is 0.0198. The molecule has 1 rings (SSSR count). The molecule has 0 bridgehead atoms. The van der Waals surface area contributed by atoms with Gasteiger partial charge in [-0.1, -0.05) is 0 Å². The first-order valence-corrected chi connectivity index (χ1v) is 5.99. The highest BCUT2D eigenvalue weighted by molar-refractivity contribution is 7.90. The molecule has 0 amide bonds. The predicted octanol–water partition coefficient (Wildman–Crippen LogP) is -1.22. The number of methoxy groups -OCH3 is 1. The van der Waals surface area contributed by atoms with Crippen LogP contribution in [-0.4, -0.2) is 38.9 Å². The lowest BCUT2D eigenvalue weighted by atomic mass is 9.79. The molecule has 0 heterocycles. The summed E-state index contributed by atoms with van der Waals surface area (Å²) in [6.07, 6.45) is 1.04. The molecular formula is C8H11BO5S. The van der Waals surface area contributed by atoms with Gasteiger partial charge in [-0.05, 0) is 18.2 Å². The molecule has 0 aliphatic rings. The minimum absolute atomic E-state index is 0.0198. The summed E-state index contributed by atoms with van der Waals surface area (Å²) < 4.78 is 27.3. The van der Waals surface area contributed by atoms with Crippen molar-refractivity contribution in [3.8, 4) is 5.75 Å². The molecule has 0 fully saturated rings. The molecule has 15 heavy (non-hydrogen) atoms. The summed E-state index contributed by atoms with van der Waals surface area (Å²) >= 11 is 0. The molecule has 0 aromatic heterocycles. The molecular weight excluding hydrogens is 219 g/mol. The number of ether oxygens (including phenoxy) is 1. The smallest absolute Gasteiger partial charge is 0.492 e. The Morgan fingerprint density at radius 2 is 1.93 bits per heavy atom. The lowest BCUT2D eigenvalue weighted by Gasteiger charge is -2.08. The molecule has 7 heteroatoms. The van der Waals surface area contributed by atoms with E-state index >= 15 is 0 Å². The van der Waals surface area contributed by atoms with E-state index in [1.807, 2.05) is 0 Å². The van der Waals surface area contributed by atoms with Crippen LogP contribution in [0.1, 0.15) is 0 Å². The maximum absolute atomic E-state index is 11.2. The fourth-order valence-corrected chi connectivity index (χ4v) is 1.80. The average molecular weight is 230 g/mol. The second-order valence-corrected chi connectivity index (χ2v) is 5.07. The third-order valence-corrected chi connectivity index (χ3v) is 3.02. The van der Waals surface area contributed by atoms with E-state index < -0.39 is 17.0 Å². The summed E-state index contributed by atoms with van der Waals surface area (Å²) in [7, 11) is -3.76. The van der Waals surface area contributed by atoms with Gasteiger partial charge in [0.15, 0.2) is 9.84 Å². The number of sulfone groups is 1. The van der Waals surface area contributed by atoms with Gasteiger partial charge in [-0.3, -0.25) is 0 Å². The van der Waals surface area contributed by atoms with Crippen molar-refractivity contribution >= 4 is 22.4 Å². The van der Waals surface area contributed by atoms with Crippen LogP contribution < -0.4 is 10.2 Å². The third kappa shape index (κ3) is 2.71. The van der Waals surface area contributed by atoms with Crippen molar-refractivity contribution in [2.75, 3.05) is 13.4 Å². The van der Waals surface area contributed by atoms with Crippen molar-refractivity contribution in [1.82, 2.24) is 0 Å². The molecule has 1 aromatic carbocycles. The largest absolute Gasteiger partial charge is 0.497 e. The van der Waals surface area contributed by atoms with E-state index in [4.69, 9.17) is 14.8 Å². The fraction of sp³-hybridized carbons (Fsp3) is 0.250. The van der Waals surface area contributed by atoms with Crippen LogP contribution in [0.15, 0.2) is 23.1 Å². The first kappa shape index (κ1) is 12.0. The molecule has 0 saturated carbocycles. The monoisotopic (exact) mass is 230 g/mol. The van der Waals surface area contributed by atoms with E-state index in [1.54, 1.807) is 0 Å². The van der Waals surface area contributed by atoms with Gasteiger partial charge in [-0.25, -0.2) is 8.42 Å². The molecule has 0 atom stereocenters. The zero-order valence-corrected chi connectivity index (χ0v) is 9.15. The molecule has 0 spiro atoms. The lowest BCUT2D eigenvalue weighted by molar-refractivity contribution is 0.403. The Bertz CT molecular complexity index is 454. The van der Waals surface area contributed by atoms with Crippen molar-refractivity contribution in [2.24, 2.45) is 0 Å². The van der Waals surface area contributed by atoms with Gasteiger partial charge in [-0.15, -0.1) is 0 Å². The van der Waals surface area contributed by atoms with Gasteiger partial charge in [-0.2, -0.15) is 0 Å². The quantitative estimate of drug-likeness (QED) is 0.636. The zero-order valence-electron chi connectivity index (χ0n) is 8.34. The zero-order chi connectivity index (χ0) is 11.6. The summed E-state index contributed by atoms with van der Waals surface area (Å²) in [6, 6.07) is 3.91. The molecule has 0 aliphatic heterocycles. The topological polar surface area (TPSA) is 83.8 Å². The van der Waals surface area contributed by atoms with Crippen molar-refractivity contribution < 1.29 is 23.2 Å². The molecule has 1 aromatic rings. The lowest BCUT2D eigenvalue weighted by Crippen LogP contribution is -2.31. The molecule has 0 saturated heterocycles. The van der Waals surface area contributed by atoms with E-state index in [2.05, 4.69) is 0 Å². The average Bonchev–Trinajstić information content (AvgIpc) is 2.15. The summed E-state index contributed by atoms with van der Waals surface area (Å²) in [5.74, 6) is 0.234. The Kier molecular flexibility index (Phi) is 3.38. The Morgan fingerprint density at radius 3 is 2.33 bits per heavy atom. The summed E-state index contributed by atoms with van der Waals surface area (Å²) in [6.45, 7) is 0. The standard InChI is InChI=1S/C8H11BO5S/c1-14-8-4-3-6(15(2,12)13)5-7(8)9(10)11/h3-5,10-11H,1-2H3. The van der Waals surface area contributed by atoms with E-state index in [1.165, 1.54) is 25.3 Å². The summed E-state index contributed by atoms with van der Waals surface area (Å²) in [5.41, 5.74) is 0.0282. The van der Waals surface area contributed by atoms with Crippen LogP contribution in [-0.2, 0) is 9.84 Å². The number of benzene rings is 1. The Balaban J connectivity index is 3.35. The van der Waals surface area contributed by atoms with Gasteiger partial charge in [0.05, 0.1) is 12.0 Å². The van der Waals surface area contributed by atoms with Crippen molar-refractivity contribution in [3.05, 3.63) is 18.2 Å². The second-order valence-electron chi connectivity index (χ2n) is 3.05. The Hall–Kier alpha value is -1.05. The van der Waals surface area contributed by atoms with Gasteiger partial charge in [0.25, 0.3) is 0 Å². The van der Waals surface area contributed by atoms with E-state index in [9.17, 15) is 8.42 Å². The number of hydrogen-bond acceptors (Lipinski definition) is 5. The van der Waals surface area contributed by atoms with Crippen LogP contribution in [0.3, 0.4) is 0 Å². The van der Waals surface area contributed by atoms with Crippen molar-refractivity contribution in [1.29, 1.82) is 0 Å². The maximum Gasteiger partial charge on any atom is 0.492 e. The molecule has 82 valence electrons. The van der Waals surface area contributed by atoms with Gasteiger partial charge < -0.3 is 14.8 Å². The van der Waals surface area contributed by atoms with Gasteiger partial charge in [0.2, 0.25) is 0 Å². The van der Waals surface area contributed by atoms with Crippen molar-refractivity contribution in [3.63, 3.8) is 0 Å². The highest BCUT2D eigenvalue weighted by atomic mass is 32.2. The first-order chi connectivity index (χ1) is 6.86. The van der Waals surface area contributed by atoms with Gasteiger partial charge in [0, 0.05) is 11.7 Å². The van der Waals surface area contributed by atoms with Crippen LogP contribution >= 0.6 is 0 Å². The molecule has 0 radical (unpaired) electrons. The van der Waals surface area contributed by atoms with Crippen molar-refractivity contribution in [2.45, 2.75) is 4.90 Å². The predicted molar refractivity (Wildman–Crippen MR) is 55.9 cm³/mol. The molecule has 0 aliphatic carbocycles. The number of hydrogen-bond donors (Lipinski definition) is 2. The third-order valence-electron chi connectivity index (χ3n) is 1.91. The molecule has 0 unspecified atom stereocenters. The Morgan fingerprint density at radius 1 is 1.33 bits per heavy atom. The van der Waals surface area contributed by atoms with Gasteiger partial charge >= 0.3 is 7.12 Å². The maximum atomic E-state index is 11.2. The Labute approximate surface area is 88.4 Å². The highest BCUT2D eigenvalue weighted by Gasteiger charge is 2.19. The normalized spacial score (nSPS) is 11.2. The second kappa shape index (κ2) is 4.22. The molecule has 2 N–H and O–H groups in total. The van der Waals surface area contributed by atoms with Crippen LogP contribution in [0.5, 0.6) is 5.75 Å².